The van der Waals surface area contributed by atoms with Gasteiger partial charge >= 0.3 is 0 Å². The molecule has 2 heterocycles. The average Bonchev–Trinajstić information content (AvgIpc) is 3.06. The molecule has 1 atom stereocenters. The lowest BCUT2D eigenvalue weighted by molar-refractivity contribution is 0.110. The van der Waals surface area contributed by atoms with Gasteiger partial charge in [0.25, 0.3) is 0 Å². The molecule has 0 saturated carbocycles. The number of fused-ring (bicyclic) bond motifs is 1. The molecule has 0 bridgehead atoms. The molecule has 23 heavy (non-hydrogen) atoms. The molecule has 0 radical (unpaired) electrons. The minimum absolute atomic E-state index is 0.336. The van der Waals surface area contributed by atoms with Crippen molar-refractivity contribution in [3.63, 3.8) is 0 Å². The van der Waals surface area contributed by atoms with Crippen molar-refractivity contribution < 1.29 is 9.47 Å². The molecule has 1 aliphatic heterocycles. The third-order valence-corrected chi connectivity index (χ3v) is 4.06. The van der Waals surface area contributed by atoms with Gasteiger partial charge in [0.1, 0.15) is 6.61 Å². The molecule has 0 spiro atoms. The highest BCUT2D eigenvalue weighted by Gasteiger charge is 2.15. The van der Waals surface area contributed by atoms with Gasteiger partial charge in [0.15, 0.2) is 0 Å². The lowest BCUT2D eigenvalue weighted by Crippen LogP contribution is -2.26. The van der Waals surface area contributed by atoms with E-state index in [2.05, 4.69) is 42.0 Å². The van der Waals surface area contributed by atoms with Crippen molar-refractivity contribution in [1.82, 2.24) is 10.3 Å². The lowest BCUT2D eigenvalue weighted by Gasteiger charge is -2.14. The van der Waals surface area contributed by atoms with Crippen LogP contribution < -0.4 is 10.1 Å². The molecule has 0 unspecified atom stereocenters. The maximum absolute atomic E-state index is 5.75. The van der Waals surface area contributed by atoms with E-state index in [4.69, 9.17) is 9.47 Å². The number of hydrogen-bond acceptors (Lipinski definition) is 4. The molecule has 1 fully saturated rings. The van der Waals surface area contributed by atoms with Crippen molar-refractivity contribution >= 4 is 10.9 Å². The van der Waals surface area contributed by atoms with Crippen molar-refractivity contribution in [2.75, 3.05) is 19.8 Å². The number of pyridine rings is 1. The van der Waals surface area contributed by atoms with Crippen LogP contribution in [0.15, 0.2) is 36.9 Å². The topological polar surface area (TPSA) is 43.4 Å². The molecule has 0 amide bonds. The Bertz CT molecular complexity index is 678. The van der Waals surface area contributed by atoms with Gasteiger partial charge in [0.2, 0.25) is 5.88 Å². The monoisotopic (exact) mass is 312 g/mol. The van der Waals surface area contributed by atoms with Crippen molar-refractivity contribution in [3.05, 3.63) is 48.0 Å². The molecule has 2 aromatic rings. The molecule has 3 rings (SSSR count). The molecule has 1 aliphatic rings. The van der Waals surface area contributed by atoms with Crippen LogP contribution >= 0.6 is 0 Å². The summed E-state index contributed by atoms with van der Waals surface area (Å²) >= 11 is 0. The molecule has 4 heteroatoms. The van der Waals surface area contributed by atoms with Gasteiger partial charge in [-0.15, -0.1) is 0 Å². The Kier molecular flexibility index (Phi) is 5.26. The fourth-order valence-electron chi connectivity index (χ4n) is 2.88. The maximum Gasteiger partial charge on any atom is 0.218 e. The second kappa shape index (κ2) is 7.57. The van der Waals surface area contributed by atoms with E-state index in [0.717, 1.165) is 49.0 Å². The van der Waals surface area contributed by atoms with Gasteiger partial charge in [0.05, 0.1) is 11.6 Å². The molecule has 1 aromatic carbocycles. The van der Waals surface area contributed by atoms with Crippen molar-refractivity contribution in [2.45, 2.75) is 32.4 Å². The van der Waals surface area contributed by atoms with Crippen LogP contribution in [-0.4, -0.2) is 30.8 Å². The Hall–Kier alpha value is -1.91. The number of ether oxygens (including phenoxy) is 2. The van der Waals surface area contributed by atoms with Crippen LogP contribution in [0.4, 0.5) is 0 Å². The predicted octanol–water partition coefficient (Wildman–Crippen LogP) is 3.38. The summed E-state index contributed by atoms with van der Waals surface area (Å²) in [7, 11) is 0. The van der Waals surface area contributed by atoms with Gasteiger partial charge in [-0.05, 0) is 38.0 Å². The Morgan fingerprint density at radius 1 is 1.43 bits per heavy atom. The number of nitrogens with zero attached hydrogens (tertiary/aromatic N) is 1. The Labute approximate surface area is 137 Å². The van der Waals surface area contributed by atoms with Gasteiger partial charge in [-0.2, -0.15) is 0 Å². The van der Waals surface area contributed by atoms with E-state index in [1.807, 2.05) is 6.07 Å². The van der Waals surface area contributed by atoms with Crippen LogP contribution in [-0.2, 0) is 11.3 Å². The molecular weight excluding hydrogens is 288 g/mol. The van der Waals surface area contributed by atoms with Gasteiger partial charge in [-0.1, -0.05) is 24.3 Å². The highest BCUT2D eigenvalue weighted by molar-refractivity contribution is 5.80. The number of rotatable bonds is 7. The largest absolute Gasteiger partial charge is 0.473 e. The quantitative estimate of drug-likeness (QED) is 0.796. The predicted molar refractivity (Wildman–Crippen MR) is 92.9 cm³/mol. The molecule has 122 valence electrons. The molecule has 4 nitrogen and oxygen atoms in total. The number of aromatic nitrogens is 1. The first kappa shape index (κ1) is 16.0. The normalized spacial score (nSPS) is 17.5. The minimum Gasteiger partial charge on any atom is -0.473 e. The van der Waals surface area contributed by atoms with Crippen LogP contribution in [0, 0.1) is 6.92 Å². The third kappa shape index (κ3) is 4.09. The summed E-state index contributed by atoms with van der Waals surface area (Å²) in [6.45, 7) is 8.74. The van der Waals surface area contributed by atoms with E-state index in [1.165, 1.54) is 5.56 Å². The lowest BCUT2D eigenvalue weighted by atomic mass is 10.1. The standard InChI is InChI=1S/C19H24N2O2/c1-3-8-23-19-16(12-20-13-17-5-4-9-22-17)11-15-10-14(2)6-7-18(15)21-19/h3,6-7,10-11,17,20H,1,4-5,8-9,12-13H2,2H3/t17-/m0/s1. The molecule has 1 saturated heterocycles. The van der Waals surface area contributed by atoms with E-state index in [0.29, 0.717) is 18.6 Å². The summed E-state index contributed by atoms with van der Waals surface area (Å²) < 4.78 is 11.4. The van der Waals surface area contributed by atoms with Crippen LogP contribution in [0.5, 0.6) is 5.88 Å². The van der Waals surface area contributed by atoms with Crippen LogP contribution in [0.3, 0.4) is 0 Å². The molecule has 0 aliphatic carbocycles. The number of benzene rings is 1. The van der Waals surface area contributed by atoms with E-state index in [-0.39, 0.29) is 0 Å². The molecule has 1 aromatic heterocycles. The van der Waals surface area contributed by atoms with E-state index >= 15 is 0 Å². The van der Waals surface area contributed by atoms with Gasteiger partial charge in [0, 0.05) is 30.6 Å². The highest BCUT2D eigenvalue weighted by Crippen LogP contribution is 2.23. The minimum atomic E-state index is 0.336. The Morgan fingerprint density at radius 2 is 2.35 bits per heavy atom. The van der Waals surface area contributed by atoms with Gasteiger partial charge in [-0.25, -0.2) is 4.98 Å². The first-order valence-corrected chi connectivity index (χ1v) is 8.22. The smallest absolute Gasteiger partial charge is 0.218 e. The average molecular weight is 312 g/mol. The Balaban J connectivity index is 1.77. The summed E-state index contributed by atoms with van der Waals surface area (Å²) in [6, 6.07) is 8.43. The van der Waals surface area contributed by atoms with E-state index in [9.17, 15) is 0 Å². The van der Waals surface area contributed by atoms with Crippen molar-refractivity contribution in [3.8, 4) is 5.88 Å². The molecule has 1 N–H and O–H groups in total. The summed E-state index contributed by atoms with van der Waals surface area (Å²) in [4.78, 5) is 4.66. The zero-order valence-electron chi connectivity index (χ0n) is 13.7. The fraction of sp³-hybridized carbons (Fsp3) is 0.421. The second-order valence-electron chi connectivity index (χ2n) is 6.01. The van der Waals surface area contributed by atoms with Crippen LogP contribution in [0.1, 0.15) is 24.0 Å². The SMILES string of the molecule is C=CCOc1nc2ccc(C)cc2cc1CNC[C@@H]1CCCO1. The maximum atomic E-state index is 5.75. The van der Waals surface area contributed by atoms with E-state index in [1.54, 1.807) is 6.08 Å². The second-order valence-corrected chi connectivity index (χ2v) is 6.01. The van der Waals surface area contributed by atoms with Crippen molar-refractivity contribution in [1.29, 1.82) is 0 Å². The summed E-state index contributed by atoms with van der Waals surface area (Å²) in [5.74, 6) is 0.682. The summed E-state index contributed by atoms with van der Waals surface area (Å²) in [5.41, 5.74) is 3.26. The highest BCUT2D eigenvalue weighted by atomic mass is 16.5. The first-order valence-electron chi connectivity index (χ1n) is 8.22. The van der Waals surface area contributed by atoms with Gasteiger partial charge in [-0.3, -0.25) is 0 Å². The van der Waals surface area contributed by atoms with E-state index < -0.39 is 0 Å². The zero-order valence-corrected chi connectivity index (χ0v) is 13.7. The van der Waals surface area contributed by atoms with Crippen LogP contribution in [0.2, 0.25) is 0 Å². The number of hydrogen-bond donors (Lipinski definition) is 1. The van der Waals surface area contributed by atoms with Gasteiger partial charge < -0.3 is 14.8 Å². The fourth-order valence-corrected chi connectivity index (χ4v) is 2.88. The molecular formula is C19H24N2O2. The summed E-state index contributed by atoms with van der Waals surface area (Å²) in [6.07, 6.45) is 4.38. The number of nitrogens with one attached hydrogen (secondary N) is 1. The van der Waals surface area contributed by atoms with Crippen LogP contribution in [0.25, 0.3) is 10.9 Å². The van der Waals surface area contributed by atoms with Crippen molar-refractivity contribution in [2.24, 2.45) is 0 Å². The zero-order chi connectivity index (χ0) is 16.1. The Morgan fingerprint density at radius 3 is 3.13 bits per heavy atom. The first-order chi connectivity index (χ1) is 11.3. The summed E-state index contributed by atoms with van der Waals surface area (Å²) in [5, 5.41) is 4.61. The number of aryl methyl sites for hydroxylation is 1. The third-order valence-electron chi connectivity index (χ3n) is 4.06.